The number of aliphatic carboxylic acids is 1. The van der Waals surface area contributed by atoms with Crippen LogP contribution in [0.3, 0.4) is 0 Å². The van der Waals surface area contributed by atoms with Crippen molar-refractivity contribution in [3.63, 3.8) is 0 Å². The van der Waals surface area contributed by atoms with E-state index >= 15 is 0 Å². The first-order chi connectivity index (χ1) is 7.57. The molecule has 0 aromatic rings. The van der Waals surface area contributed by atoms with Gasteiger partial charge in [-0.1, -0.05) is 6.08 Å². The molecule has 90 valence electrons. The largest absolute Gasteiger partial charge is 0.480 e. The van der Waals surface area contributed by atoms with Crippen LogP contribution in [-0.4, -0.2) is 52.0 Å². The van der Waals surface area contributed by atoms with Crippen molar-refractivity contribution < 1.29 is 14.7 Å². The number of nitrogens with zero attached hydrogens (tertiary/aromatic N) is 1. The minimum absolute atomic E-state index is 0.299. The molecule has 0 radical (unpaired) electrons. The Kier molecular flexibility index (Phi) is 4.82. The second-order valence-electron chi connectivity index (χ2n) is 3.59. The minimum Gasteiger partial charge on any atom is -0.480 e. The molecular formula is C10H16N2O3S. The van der Waals surface area contributed by atoms with Crippen LogP contribution >= 0.6 is 11.8 Å². The Labute approximate surface area is 98.7 Å². The van der Waals surface area contributed by atoms with E-state index in [9.17, 15) is 9.59 Å². The van der Waals surface area contributed by atoms with Crippen molar-refractivity contribution in [2.45, 2.75) is 18.5 Å². The molecule has 0 saturated carbocycles. The smallest absolute Gasteiger partial charge is 0.327 e. The third kappa shape index (κ3) is 2.99. The second-order valence-corrected chi connectivity index (χ2v) is 4.74. The van der Waals surface area contributed by atoms with E-state index in [2.05, 4.69) is 6.58 Å². The van der Waals surface area contributed by atoms with Crippen LogP contribution < -0.4 is 5.73 Å². The quantitative estimate of drug-likeness (QED) is 0.676. The maximum absolute atomic E-state index is 11.9. The summed E-state index contributed by atoms with van der Waals surface area (Å²) in [4.78, 5) is 24.2. The fourth-order valence-corrected chi connectivity index (χ4v) is 2.60. The third-order valence-corrected chi connectivity index (χ3v) is 3.46. The summed E-state index contributed by atoms with van der Waals surface area (Å²) >= 11 is 1.54. The van der Waals surface area contributed by atoms with E-state index in [4.69, 9.17) is 10.8 Å². The molecule has 3 N–H and O–H groups in total. The van der Waals surface area contributed by atoms with Crippen LogP contribution in [-0.2, 0) is 9.59 Å². The SMILES string of the molecule is C=CCC(N)C(=O)N1CCSCC1C(=O)O. The topological polar surface area (TPSA) is 83.6 Å². The van der Waals surface area contributed by atoms with E-state index in [1.165, 1.54) is 4.90 Å². The van der Waals surface area contributed by atoms with Gasteiger partial charge in [0, 0.05) is 18.1 Å². The van der Waals surface area contributed by atoms with Crippen LogP contribution in [0.2, 0.25) is 0 Å². The zero-order chi connectivity index (χ0) is 12.1. The number of thioether (sulfide) groups is 1. The number of hydrogen-bond acceptors (Lipinski definition) is 4. The molecule has 1 amide bonds. The van der Waals surface area contributed by atoms with E-state index in [-0.39, 0.29) is 5.91 Å². The van der Waals surface area contributed by atoms with Crippen molar-refractivity contribution in [2.75, 3.05) is 18.1 Å². The van der Waals surface area contributed by atoms with Gasteiger partial charge in [-0.25, -0.2) is 4.79 Å². The normalized spacial score (nSPS) is 22.6. The maximum Gasteiger partial charge on any atom is 0.327 e. The molecule has 0 aliphatic carbocycles. The molecule has 1 fully saturated rings. The van der Waals surface area contributed by atoms with Crippen molar-refractivity contribution in [3.8, 4) is 0 Å². The fourth-order valence-electron chi connectivity index (χ4n) is 1.57. The van der Waals surface area contributed by atoms with Crippen LogP contribution in [0.25, 0.3) is 0 Å². The number of hydrogen-bond donors (Lipinski definition) is 2. The molecule has 6 heteroatoms. The summed E-state index contributed by atoms with van der Waals surface area (Å²) in [5.74, 6) is -0.0722. The summed E-state index contributed by atoms with van der Waals surface area (Å²) < 4.78 is 0. The number of amides is 1. The monoisotopic (exact) mass is 244 g/mol. The number of rotatable bonds is 4. The predicted molar refractivity (Wildman–Crippen MR) is 63.3 cm³/mol. The standard InChI is InChI=1S/C10H16N2O3S/c1-2-3-7(11)9(13)12-4-5-16-6-8(12)10(14)15/h2,7-8H,1,3-6,11H2,(H,14,15). The number of carbonyl (C=O) groups excluding carboxylic acids is 1. The van der Waals surface area contributed by atoms with Gasteiger partial charge in [0.05, 0.1) is 6.04 Å². The number of nitrogens with two attached hydrogens (primary N) is 1. The lowest BCUT2D eigenvalue weighted by Gasteiger charge is -2.34. The van der Waals surface area contributed by atoms with Crippen molar-refractivity contribution in [2.24, 2.45) is 5.73 Å². The van der Waals surface area contributed by atoms with E-state index in [1.807, 2.05) is 0 Å². The summed E-state index contributed by atoms with van der Waals surface area (Å²) in [7, 11) is 0. The highest BCUT2D eigenvalue weighted by molar-refractivity contribution is 7.99. The molecule has 0 spiro atoms. The predicted octanol–water partition coefficient (Wildman–Crippen LogP) is -0.0816. The van der Waals surface area contributed by atoms with Crippen LogP contribution in [0.5, 0.6) is 0 Å². The molecule has 2 unspecified atom stereocenters. The average Bonchev–Trinajstić information content (AvgIpc) is 2.28. The van der Waals surface area contributed by atoms with E-state index in [1.54, 1.807) is 17.8 Å². The Morgan fingerprint density at radius 1 is 1.69 bits per heavy atom. The highest BCUT2D eigenvalue weighted by Gasteiger charge is 2.34. The molecule has 5 nitrogen and oxygen atoms in total. The van der Waals surface area contributed by atoms with Crippen LogP contribution in [0.4, 0.5) is 0 Å². The summed E-state index contributed by atoms with van der Waals surface area (Å²) in [6, 6.07) is -1.43. The first-order valence-electron chi connectivity index (χ1n) is 5.05. The van der Waals surface area contributed by atoms with Crippen molar-refractivity contribution >= 4 is 23.6 Å². The van der Waals surface area contributed by atoms with E-state index in [0.29, 0.717) is 18.7 Å². The third-order valence-electron chi connectivity index (χ3n) is 2.43. The zero-order valence-electron chi connectivity index (χ0n) is 8.96. The molecule has 16 heavy (non-hydrogen) atoms. The van der Waals surface area contributed by atoms with Gasteiger partial charge in [0.2, 0.25) is 5.91 Å². The molecule has 1 rings (SSSR count). The van der Waals surface area contributed by atoms with Crippen LogP contribution in [0.1, 0.15) is 6.42 Å². The Hall–Kier alpha value is -1.01. The molecule has 0 aromatic carbocycles. The number of carboxylic acid groups (broad SMARTS) is 1. The van der Waals surface area contributed by atoms with Gasteiger partial charge >= 0.3 is 5.97 Å². The molecule has 1 aliphatic heterocycles. The average molecular weight is 244 g/mol. The van der Waals surface area contributed by atoms with E-state index < -0.39 is 18.1 Å². The highest BCUT2D eigenvalue weighted by atomic mass is 32.2. The number of carbonyl (C=O) groups is 2. The summed E-state index contributed by atoms with van der Waals surface area (Å²) in [6.07, 6.45) is 1.94. The highest BCUT2D eigenvalue weighted by Crippen LogP contribution is 2.17. The first kappa shape index (κ1) is 13.1. The van der Waals surface area contributed by atoms with Crippen molar-refractivity contribution in [1.29, 1.82) is 0 Å². The zero-order valence-corrected chi connectivity index (χ0v) is 9.78. The van der Waals surface area contributed by atoms with Crippen molar-refractivity contribution in [3.05, 3.63) is 12.7 Å². The van der Waals surface area contributed by atoms with Crippen LogP contribution in [0.15, 0.2) is 12.7 Å². The second kappa shape index (κ2) is 5.91. The van der Waals surface area contributed by atoms with Gasteiger partial charge < -0.3 is 15.7 Å². The van der Waals surface area contributed by atoms with Gasteiger partial charge in [-0.05, 0) is 6.42 Å². The molecule has 1 aliphatic rings. The Bertz CT molecular complexity index is 296. The summed E-state index contributed by atoms with van der Waals surface area (Å²) in [5, 5.41) is 9.00. The maximum atomic E-state index is 11.9. The fraction of sp³-hybridized carbons (Fsp3) is 0.600. The Morgan fingerprint density at radius 3 is 2.94 bits per heavy atom. The number of carboxylic acids is 1. The van der Waals surface area contributed by atoms with Gasteiger partial charge in [-0.15, -0.1) is 6.58 Å². The molecule has 0 aromatic heterocycles. The Morgan fingerprint density at radius 2 is 2.38 bits per heavy atom. The van der Waals surface area contributed by atoms with Gasteiger partial charge in [-0.3, -0.25) is 4.79 Å². The molecule has 2 atom stereocenters. The van der Waals surface area contributed by atoms with Gasteiger partial charge in [-0.2, -0.15) is 11.8 Å². The van der Waals surface area contributed by atoms with Crippen LogP contribution in [0, 0.1) is 0 Å². The lowest BCUT2D eigenvalue weighted by atomic mass is 10.1. The minimum atomic E-state index is -0.966. The van der Waals surface area contributed by atoms with Gasteiger partial charge in [0.1, 0.15) is 6.04 Å². The first-order valence-corrected chi connectivity index (χ1v) is 6.21. The molecule has 1 heterocycles. The molecule has 0 bridgehead atoms. The van der Waals surface area contributed by atoms with Gasteiger partial charge in [0.25, 0.3) is 0 Å². The van der Waals surface area contributed by atoms with Crippen molar-refractivity contribution in [1.82, 2.24) is 4.90 Å². The Balaban J connectivity index is 2.70. The molecular weight excluding hydrogens is 228 g/mol. The van der Waals surface area contributed by atoms with E-state index in [0.717, 1.165) is 5.75 Å². The molecule has 1 saturated heterocycles. The lowest BCUT2D eigenvalue weighted by molar-refractivity contribution is -0.149. The summed E-state index contributed by atoms with van der Waals surface area (Å²) in [6.45, 7) is 3.96. The lowest BCUT2D eigenvalue weighted by Crippen LogP contribution is -2.55. The summed E-state index contributed by atoms with van der Waals surface area (Å²) in [5.41, 5.74) is 5.66. The van der Waals surface area contributed by atoms with Gasteiger partial charge in [0.15, 0.2) is 0 Å².